The molecule has 0 aromatic heterocycles. The normalized spacial score (nSPS) is 18.6. The number of thioether (sulfide) groups is 1. The molecule has 2 rings (SSSR count). The molecule has 1 aromatic rings. The molecule has 18 heavy (non-hydrogen) atoms. The first-order chi connectivity index (χ1) is 8.75. The molecule has 4 heteroatoms. The number of para-hydroxylation sites is 1. The lowest BCUT2D eigenvalue weighted by Gasteiger charge is -2.28. The fourth-order valence-electron chi connectivity index (χ4n) is 2.04. The Morgan fingerprint density at radius 2 is 2.06 bits per heavy atom. The maximum Gasteiger partial charge on any atom is 0.122 e. The number of aliphatic hydroxyl groups is 1. The number of aliphatic hydroxyl groups excluding tert-OH is 1. The van der Waals surface area contributed by atoms with Crippen molar-refractivity contribution in [1.29, 1.82) is 0 Å². The summed E-state index contributed by atoms with van der Waals surface area (Å²) in [5, 5.41) is 9.98. The Bertz CT molecular complexity index is 367. The van der Waals surface area contributed by atoms with E-state index in [4.69, 9.17) is 4.74 Å². The van der Waals surface area contributed by atoms with Crippen molar-refractivity contribution in [3.05, 3.63) is 29.8 Å². The molecule has 1 fully saturated rings. The first kappa shape index (κ1) is 13.7. The average molecular weight is 267 g/mol. The van der Waals surface area contributed by atoms with Crippen molar-refractivity contribution in [2.45, 2.75) is 13.0 Å². The quantitative estimate of drug-likeness (QED) is 0.881. The van der Waals surface area contributed by atoms with Gasteiger partial charge in [-0.3, -0.25) is 4.90 Å². The zero-order valence-corrected chi connectivity index (χ0v) is 11.7. The Morgan fingerprint density at radius 1 is 1.33 bits per heavy atom. The van der Waals surface area contributed by atoms with E-state index < -0.39 is 6.10 Å². The van der Waals surface area contributed by atoms with Crippen molar-refractivity contribution in [2.24, 2.45) is 0 Å². The predicted octanol–water partition coefficient (Wildman–Crippen LogP) is 1.78. The molecule has 3 nitrogen and oxygen atoms in total. The zero-order valence-electron chi connectivity index (χ0n) is 10.8. The van der Waals surface area contributed by atoms with Crippen LogP contribution in [0.4, 0.5) is 0 Å². The third-order valence-electron chi connectivity index (χ3n) is 3.10. The second-order valence-electron chi connectivity index (χ2n) is 4.64. The molecular weight excluding hydrogens is 246 g/mol. The number of hydrogen-bond acceptors (Lipinski definition) is 4. The molecule has 0 bridgehead atoms. The van der Waals surface area contributed by atoms with Gasteiger partial charge < -0.3 is 9.84 Å². The minimum atomic E-state index is -0.410. The van der Waals surface area contributed by atoms with Crippen LogP contribution < -0.4 is 4.74 Å². The lowest BCUT2D eigenvalue weighted by Crippen LogP contribution is -2.40. The molecule has 0 aliphatic carbocycles. The molecule has 1 N–H and O–H groups in total. The van der Waals surface area contributed by atoms with Crippen LogP contribution in [0.25, 0.3) is 0 Å². The van der Waals surface area contributed by atoms with E-state index in [1.807, 2.05) is 43.0 Å². The molecule has 100 valence electrons. The van der Waals surface area contributed by atoms with Gasteiger partial charge in [-0.05, 0) is 18.6 Å². The molecule has 1 atom stereocenters. The number of aryl methyl sites for hydroxylation is 1. The van der Waals surface area contributed by atoms with E-state index in [-0.39, 0.29) is 0 Å². The predicted molar refractivity (Wildman–Crippen MR) is 76.4 cm³/mol. The van der Waals surface area contributed by atoms with Crippen molar-refractivity contribution in [2.75, 3.05) is 37.7 Å². The standard InChI is InChI=1S/C14H21NO2S/c1-12-4-2-3-5-14(12)17-11-13(16)10-15-6-8-18-9-7-15/h2-5,13,16H,6-11H2,1H3. The van der Waals surface area contributed by atoms with Crippen LogP contribution in [0.15, 0.2) is 24.3 Å². The SMILES string of the molecule is Cc1ccccc1OCC(O)CN1CCSCC1. The number of rotatable bonds is 5. The zero-order chi connectivity index (χ0) is 12.8. The summed E-state index contributed by atoms with van der Waals surface area (Å²) >= 11 is 1.98. The third-order valence-corrected chi connectivity index (χ3v) is 4.04. The van der Waals surface area contributed by atoms with Crippen molar-refractivity contribution in [1.82, 2.24) is 4.90 Å². The van der Waals surface area contributed by atoms with Gasteiger partial charge in [0.2, 0.25) is 0 Å². The number of benzene rings is 1. The van der Waals surface area contributed by atoms with Gasteiger partial charge in [-0.15, -0.1) is 0 Å². The second-order valence-corrected chi connectivity index (χ2v) is 5.87. The summed E-state index contributed by atoms with van der Waals surface area (Å²) < 4.78 is 5.66. The first-order valence-corrected chi connectivity index (χ1v) is 7.58. The maximum absolute atomic E-state index is 9.98. The molecule has 0 radical (unpaired) electrons. The van der Waals surface area contributed by atoms with E-state index in [1.165, 1.54) is 11.5 Å². The maximum atomic E-state index is 9.98. The van der Waals surface area contributed by atoms with E-state index in [0.29, 0.717) is 13.2 Å². The highest BCUT2D eigenvalue weighted by atomic mass is 32.2. The van der Waals surface area contributed by atoms with Crippen LogP contribution in [0.5, 0.6) is 5.75 Å². The molecule has 0 saturated carbocycles. The minimum absolute atomic E-state index is 0.370. The number of ether oxygens (including phenoxy) is 1. The molecule has 1 unspecified atom stereocenters. The van der Waals surface area contributed by atoms with E-state index in [1.54, 1.807) is 0 Å². The van der Waals surface area contributed by atoms with Crippen LogP contribution in [0.2, 0.25) is 0 Å². The van der Waals surface area contributed by atoms with Crippen molar-refractivity contribution >= 4 is 11.8 Å². The van der Waals surface area contributed by atoms with Crippen LogP contribution in [0.1, 0.15) is 5.56 Å². The first-order valence-electron chi connectivity index (χ1n) is 6.42. The van der Waals surface area contributed by atoms with Crippen molar-refractivity contribution in [3.8, 4) is 5.75 Å². The van der Waals surface area contributed by atoms with Crippen LogP contribution >= 0.6 is 11.8 Å². The molecule has 1 aliphatic rings. The van der Waals surface area contributed by atoms with Gasteiger partial charge in [0, 0.05) is 31.1 Å². The summed E-state index contributed by atoms with van der Waals surface area (Å²) in [6, 6.07) is 7.91. The van der Waals surface area contributed by atoms with Gasteiger partial charge in [0.25, 0.3) is 0 Å². The van der Waals surface area contributed by atoms with Gasteiger partial charge in [-0.25, -0.2) is 0 Å². The molecular formula is C14H21NO2S. The van der Waals surface area contributed by atoms with E-state index >= 15 is 0 Å². The summed E-state index contributed by atoms with van der Waals surface area (Å²) in [6.07, 6.45) is -0.410. The summed E-state index contributed by atoms with van der Waals surface area (Å²) in [5.41, 5.74) is 1.11. The Hall–Kier alpha value is -0.710. The summed E-state index contributed by atoms with van der Waals surface area (Å²) in [6.45, 7) is 5.25. The molecule has 1 saturated heterocycles. The van der Waals surface area contributed by atoms with Gasteiger partial charge in [-0.1, -0.05) is 18.2 Å². The van der Waals surface area contributed by atoms with E-state index in [2.05, 4.69) is 4.90 Å². The highest BCUT2D eigenvalue weighted by Crippen LogP contribution is 2.16. The lowest BCUT2D eigenvalue weighted by molar-refractivity contribution is 0.0713. The second kappa shape index (κ2) is 7.02. The molecule has 1 aromatic carbocycles. The summed E-state index contributed by atoms with van der Waals surface area (Å²) in [4.78, 5) is 2.31. The topological polar surface area (TPSA) is 32.7 Å². The molecule has 0 amide bonds. The fourth-order valence-corrected chi connectivity index (χ4v) is 3.02. The number of β-amino-alcohol motifs (C(OH)–C–C–N with tert-alkyl or cyclic N) is 1. The van der Waals surface area contributed by atoms with Gasteiger partial charge in [-0.2, -0.15) is 11.8 Å². The summed E-state index contributed by atoms with van der Waals surface area (Å²) in [7, 11) is 0. The molecule has 1 aliphatic heterocycles. The van der Waals surface area contributed by atoms with Crippen LogP contribution in [0, 0.1) is 6.92 Å². The van der Waals surface area contributed by atoms with Gasteiger partial charge in [0.05, 0.1) is 0 Å². The van der Waals surface area contributed by atoms with Crippen molar-refractivity contribution < 1.29 is 9.84 Å². The highest BCUT2D eigenvalue weighted by Gasteiger charge is 2.15. The monoisotopic (exact) mass is 267 g/mol. The van der Waals surface area contributed by atoms with E-state index in [0.717, 1.165) is 24.4 Å². The lowest BCUT2D eigenvalue weighted by atomic mass is 10.2. The number of nitrogens with zero attached hydrogens (tertiary/aromatic N) is 1. The Labute approximate surface area is 113 Å². The number of hydrogen-bond donors (Lipinski definition) is 1. The minimum Gasteiger partial charge on any atom is -0.491 e. The largest absolute Gasteiger partial charge is 0.491 e. The summed E-state index contributed by atoms with van der Waals surface area (Å²) in [5.74, 6) is 3.21. The van der Waals surface area contributed by atoms with Crippen molar-refractivity contribution in [3.63, 3.8) is 0 Å². The van der Waals surface area contributed by atoms with Gasteiger partial charge >= 0.3 is 0 Å². The molecule has 0 spiro atoms. The highest BCUT2D eigenvalue weighted by molar-refractivity contribution is 7.99. The van der Waals surface area contributed by atoms with Crippen LogP contribution in [-0.4, -0.2) is 53.9 Å². The Morgan fingerprint density at radius 3 is 2.78 bits per heavy atom. The molecule has 1 heterocycles. The fraction of sp³-hybridized carbons (Fsp3) is 0.571. The Kier molecular flexibility index (Phi) is 5.35. The average Bonchev–Trinajstić information content (AvgIpc) is 2.39. The van der Waals surface area contributed by atoms with Gasteiger partial charge in [0.15, 0.2) is 0 Å². The van der Waals surface area contributed by atoms with Crippen LogP contribution in [0.3, 0.4) is 0 Å². The Balaban J connectivity index is 1.74. The third kappa shape index (κ3) is 4.19. The smallest absolute Gasteiger partial charge is 0.122 e. The van der Waals surface area contributed by atoms with Crippen LogP contribution in [-0.2, 0) is 0 Å². The van der Waals surface area contributed by atoms with E-state index in [9.17, 15) is 5.11 Å². The van der Waals surface area contributed by atoms with Gasteiger partial charge in [0.1, 0.15) is 18.5 Å².